The van der Waals surface area contributed by atoms with Gasteiger partial charge in [0.1, 0.15) is 29.2 Å². The Hall–Kier alpha value is -3.09. The summed E-state index contributed by atoms with van der Waals surface area (Å²) in [4.78, 5) is 10.5. The Balaban J connectivity index is 2.49. The van der Waals surface area contributed by atoms with Crippen LogP contribution >= 0.6 is 11.6 Å². The molecule has 1 aromatic heterocycles. The van der Waals surface area contributed by atoms with E-state index in [1.807, 2.05) is 0 Å². The van der Waals surface area contributed by atoms with Gasteiger partial charge in [-0.05, 0) is 24.3 Å². The number of benzene rings is 1. The molecule has 0 saturated carbocycles. The Morgan fingerprint density at radius 3 is 2.62 bits per heavy atom. The fourth-order valence-electron chi connectivity index (χ4n) is 1.67. The van der Waals surface area contributed by atoms with Crippen LogP contribution in [0, 0.1) is 32.8 Å². The summed E-state index contributed by atoms with van der Waals surface area (Å²) < 4.78 is 5.41. The van der Waals surface area contributed by atoms with Crippen molar-refractivity contribution < 1.29 is 9.34 Å². The van der Waals surface area contributed by atoms with Gasteiger partial charge in [-0.15, -0.1) is 0 Å². The molecule has 0 fully saturated rings. The second-order valence-corrected chi connectivity index (χ2v) is 4.34. The second kappa shape index (κ2) is 5.91. The van der Waals surface area contributed by atoms with Crippen LogP contribution in [0.1, 0.15) is 5.76 Å². The predicted octanol–water partition coefficient (Wildman–Crippen LogP) is 3.94. The number of nitrogens with zero attached hydrogens (tertiary/aromatic N) is 3. The molecule has 0 unspecified atom stereocenters. The fourth-order valence-corrected chi connectivity index (χ4v) is 1.84. The summed E-state index contributed by atoms with van der Waals surface area (Å²) in [6, 6.07) is 10.7. The highest BCUT2D eigenvalue weighted by molar-refractivity contribution is 6.30. The van der Waals surface area contributed by atoms with Gasteiger partial charge in [-0.3, -0.25) is 10.1 Å². The lowest BCUT2D eigenvalue weighted by Gasteiger charge is -2.00. The maximum atomic E-state index is 11.0. The van der Waals surface area contributed by atoms with Crippen molar-refractivity contribution in [3.8, 4) is 23.5 Å². The van der Waals surface area contributed by atoms with E-state index in [1.54, 1.807) is 12.1 Å². The van der Waals surface area contributed by atoms with Gasteiger partial charge in [0.2, 0.25) is 0 Å². The zero-order valence-corrected chi connectivity index (χ0v) is 11.2. The molecular formula is C14H6ClN3O3. The number of nitriles is 2. The number of nitro benzene ring substituents is 1. The van der Waals surface area contributed by atoms with Crippen molar-refractivity contribution in [3.05, 3.63) is 56.8 Å². The van der Waals surface area contributed by atoms with Crippen LogP contribution in [0.5, 0.6) is 0 Å². The van der Waals surface area contributed by atoms with Gasteiger partial charge in [-0.1, -0.05) is 11.6 Å². The Morgan fingerprint density at radius 2 is 2.00 bits per heavy atom. The number of allylic oxidation sites excluding steroid dienone is 1. The van der Waals surface area contributed by atoms with Gasteiger partial charge in [0.05, 0.1) is 10.5 Å². The first-order valence-corrected chi connectivity index (χ1v) is 5.99. The van der Waals surface area contributed by atoms with Crippen molar-refractivity contribution in [2.45, 2.75) is 0 Å². The van der Waals surface area contributed by atoms with Gasteiger partial charge in [-0.25, -0.2) is 0 Å². The number of hydrogen-bond donors (Lipinski definition) is 0. The van der Waals surface area contributed by atoms with Gasteiger partial charge in [0, 0.05) is 17.2 Å². The van der Waals surface area contributed by atoms with Crippen LogP contribution in [0.15, 0.2) is 40.3 Å². The molecule has 102 valence electrons. The molecule has 0 amide bonds. The van der Waals surface area contributed by atoms with E-state index in [1.165, 1.54) is 36.4 Å². The molecule has 21 heavy (non-hydrogen) atoms. The summed E-state index contributed by atoms with van der Waals surface area (Å²) in [5, 5.41) is 28.6. The number of hydrogen-bond acceptors (Lipinski definition) is 5. The van der Waals surface area contributed by atoms with Gasteiger partial charge in [0.25, 0.3) is 5.69 Å². The van der Waals surface area contributed by atoms with E-state index in [0.717, 1.165) is 0 Å². The van der Waals surface area contributed by atoms with Crippen LogP contribution in [-0.4, -0.2) is 4.92 Å². The first-order chi connectivity index (χ1) is 10.0. The molecule has 1 aromatic carbocycles. The van der Waals surface area contributed by atoms with E-state index < -0.39 is 4.92 Å². The van der Waals surface area contributed by atoms with E-state index >= 15 is 0 Å². The normalized spacial score (nSPS) is 9.48. The summed E-state index contributed by atoms with van der Waals surface area (Å²) in [6.07, 6.45) is 1.26. The third-order valence-corrected chi connectivity index (χ3v) is 2.81. The minimum absolute atomic E-state index is 0.124. The molecule has 7 heteroatoms. The summed E-state index contributed by atoms with van der Waals surface area (Å²) in [6.45, 7) is 0. The number of furan rings is 1. The number of rotatable bonds is 3. The zero-order chi connectivity index (χ0) is 15.4. The number of nitro groups is 1. The van der Waals surface area contributed by atoms with E-state index in [9.17, 15) is 10.1 Å². The van der Waals surface area contributed by atoms with Crippen LogP contribution in [0.2, 0.25) is 5.02 Å². The Morgan fingerprint density at radius 1 is 1.29 bits per heavy atom. The lowest BCUT2D eigenvalue weighted by atomic mass is 10.1. The monoisotopic (exact) mass is 299 g/mol. The van der Waals surface area contributed by atoms with Crippen LogP contribution in [0.3, 0.4) is 0 Å². The average Bonchev–Trinajstić information content (AvgIpc) is 2.93. The molecule has 0 spiro atoms. The molecule has 2 aromatic rings. The summed E-state index contributed by atoms with van der Waals surface area (Å²) >= 11 is 5.74. The molecule has 1 heterocycles. The highest BCUT2D eigenvalue weighted by Gasteiger charge is 2.18. The van der Waals surface area contributed by atoms with Crippen LogP contribution in [0.25, 0.3) is 17.4 Å². The predicted molar refractivity (Wildman–Crippen MR) is 75.0 cm³/mol. The maximum Gasteiger partial charge on any atom is 0.281 e. The van der Waals surface area contributed by atoms with Gasteiger partial charge >= 0.3 is 0 Å². The molecule has 0 radical (unpaired) electrons. The SMILES string of the molecule is N#CC(C#N)=Cc1ccc(-c2ccc(Cl)cc2[N+](=O)[O-])o1. The largest absolute Gasteiger partial charge is 0.456 e. The van der Waals surface area contributed by atoms with Crippen molar-refractivity contribution in [2.24, 2.45) is 0 Å². The summed E-state index contributed by atoms with van der Waals surface area (Å²) in [5.74, 6) is 0.507. The molecule has 6 nitrogen and oxygen atoms in total. The van der Waals surface area contributed by atoms with Crippen LogP contribution in [0.4, 0.5) is 5.69 Å². The highest BCUT2D eigenvalue weighted by Crippen LogP contribution is 2.33. The lowest BCUT2D eigenvalue weighted by Crippen LogP contribution is -1.91. The second-order valence-electron chi connectivity index (χ2n) is 3.90. The quantitative estimate of drug-likeness (QED) is 0.485. The zero-order valence-electron chi connectivity index (χ0n) is 10.4. The van der Waals surface area contributed by atoms with Crippen molar-refractivity contribution in [1.29, 1.82) is 10.5 Å². The molecule has 0 saturated heterocycles. The molecule has 0 aliphatic heterocycles. The Labute approximate surface area is 124 Å². The third-order valence-electron chi connectivity index (χ3n) is 2.58. The van der Waals surface area contributed by atoms with Crippen molar-refractivity contribution >= 4 is 23.4 Å². The first-order valence-electron chi connectivity index (χ1n) is 5.61. The lowest BCUT2D eigenvalue weighted by molar-refractivity contribution is -0.384. The minimum atomic E-state index is -0.560. The summed E-state index contributed by atoms with van der Waals surface area (Å²) in [7, 11) is 0. The first kappa shape index (κ1) is 14.3. The van der Waals surface area contributed by atoms with Gasteiger partial charge < -0.3 is 4.42 Å². The molecule has 0 aliphatic rings. The number of halogens is 1. The van der Waals surface area contributed by atoms with Gasteiger partial charge in [0.15, 0.2) is 0 Å². The van der Waals surface area contributed by atoms with Crippen molar-refractivity contribution in [1.82, 2.24) is 0 Å². The highest BCUT2D eigenvalue weighted by atomic mass is 35.5. The van der Waals surface area contributed by atoms with E-state index in [4.69, 9.17) is 26.5 Å². The van der Waals surface area contributed by atoms with Crippen LogP contribution in [-0.2, 0) is 0 Å². The topological polar surface area (TPSA) is 104 Å². The van der Waals surface area contributed by atoms with E-state index in [0.29, 0.717) is 0 Å². The van der Waals surface area contributed by atoms with Crippen molar-refractivity contribution in [3.63, 3.8) is 0 Å². The molecule has 2 rings (SSSR count). The Bertz CT molecular complexity index is 809. The smallest absolute Gasteiger partial charge is 0.281 e. The van der Waals surface area contributed by atoms with Crippen LogP contribution < -0.4 is 0 Å². The summed E-state index contributed by atoms with van der Waals surface area (Å²) in [5.41, 5.74) is -0.0470. The van der Waals surface area contributed by atoms with Gasteiger partial charge in [-0.2, -0.15) is 10.5 Å². The minimum Gasteiger partial charge on any atom is -0.456 e. The molecule has 0 aliphatic carbocycles. The van der Waals surface area contributed by atoms with E-state index in [2.05, 4.69) is 0 Å². The average molecular weight is 300 g/mol. The maximum absolute atomic E-state index is 11.0. The fraction of sp³-hybridized carbons (Fsp3) is 0. The molecule has 0 atom stereocenters. The molecular weight excluding hydrogens is 294 g/mol. The molecule has 0 N–H and O–H groups in total. The third kappa shape index (κ3) is 3.08. The molecule has 0 bridgehead atoms. The Kier molecular flexibility index (Phi) is 4.03. The standard InChI is InChI=1S/C14H6ClN3O3/c15-10-1-3-12(13(6-10)18(19)20)14-4-2-11(21-14)5-9(7-16)8-17/h1-6H. The van der Waals surface area contributed by atoms with E-state index in [-0.39, 0.29) is 33.4 Å². The van der Waals surface area contributed by atoms with Crippen molar-refractivity contribution in [2.75, 3.05) is 0 Å².